The summed E-state index contributed by atoms with van der Waals surface area (Å²) in [7, 11) is 0. The lowest BCUT2D eigenvalue weighted by molar-refractivity contribution is 0.0260. The molecule has 1 aromatic carbocycles. The Morgan fingerprint density at radius 2 is 1.97 bits per heavy atom. The lowest BCUT2D eigenvalue weighted by Crippen LogP contribution is -2.26. The fraction of sp³-hybridized carbons (Fsp3) is 0.429. The molecule has 6 rings (SSSR count). The summed E-state index contributed by atoms with van der Waals surface area (Å²) >= 11 is 0. The van der Waals surface area contributed by atoms with Crippen LogP contribution in [0.1, 0.15) is 43.4 Å². The molecule has 182 valence electrons. The Bertz CT molecular complexity index is 1380. The number of hydrogen-bond acceptors (Lipinski definition) is 5. The highest BCUT2D eigenvalue weighted by Crippen LogP contribution is 2.26. The molecule has 3 aromatic heterocycles. The number of pyridine rings is 2. The molecule has 7 heteroatoms. The summed E-state index contributed by atoms with van der Waals surface area (Å²) in [6.07, 6.45) is 11.1. The topological polar surface area (TPSA) is 81.2 Å². The Hall–Kier alpha value is -3.16. The molecule has 1 aliphatic carbocycles. The predicted molar refractivity (Wildman–Crippen MR) is 137 cm³/mol. The Balaban J connectivity index is 1.19. The lowest BCUT2D eigenvalue weighted by Gasteiger charge is -2.25. The van der Waals surface area contributed by atoms with E-state index >= 15 is 0 Å². The molecule has 1 saturated heterocycles. The molecule has 0 bridgehead atoms. The molecular formula is C28H32N4O3. The normalized spacial score (nSPS) is 17.1. The third-order valence-corrected chi connectivity index (χ3v) is 7.39. The quantitative estimate of drug-likeness (QED) is 0.398. The Kier molecular flexibility index (Phi) is 6.27. The first-order valence-corrected chi connectivity index (χ1v) is 12.8. The molecule has 2 aliphatic rings. The third kappa shape index (κ3) is 4.83. The lowest BCUT2D eigenvalue weighted by atomic mass is 9.85. The van der Waals surface area contributed by atoms with Gasteiger partial charge in [-0.25, -0.2) is 0 Å². The number of nitrogens with one attached hydrogen (secondary N) is 2. The highest BCUT2D eigenvalue weighted by atomic mass is 16.5. The minimum atomic E-state index is -0.0557. The van der Waals surface area contributed by atoms with Crippen molar-refractivity contribution in [2.75, 3.05) is 19.8 Å². The van der Waals surface area contributed by atoms with Crippen LogP contribution >= 0.6 is 0 Å². The molecular weight excluding hydrogens is 440 g/mol. The van der Waals surface area contributed by atoms with E-state index in [-0.39, 0.29) is 11.7 Å². The number of fused-ring (bicyclic) bond motifs is 2. The second-order valence-corrected chi connectivity index (χ2v) is 9.92. The molecule has 7 nitrogen and oxygen atoms in total. The standard InChI is InChI=1S/C28H32N4O3/c33-28-25-16-30-17-27(35-23-7-10-34-11-8-23)24(25)6-9-32(28)18-20-4-5-21-13-22(31-26(21)12-20)15-29-14-19-2-1-3-19/h4-6,9,12-13,16-17,19,23,29,31H,1-3,7-8,10-11,14-15,18H2. The largest absolute Gasteiger partial charge is 0.488 e. The monoisotopic (exact) mass is 472 g/mol. The zero-order valence-corrected chi connectivity index (χ0v) is 20.0. The Morgan fingerprint density at radius 3 is 2.80 bits per heavy atom. The van der Waals surface area contributed by atoms with Crippen LogP contribution in [0.25, 0.3) is 21.7 Å². The smallest absolute Gasteiger partial charge is 0.260 e. The van der Waals surface area contributed by atoms with Crippen LogP contribution in [0, 0.1) is 5.92 Å². The van der Waals surface area contributed by atoms with Crippen LogP contribution in [0.2, 0.25) is 0 Å². The summed E-state index contributed by atoms with van der Waals surface area (Å²) in [4.78, 5) is 21.1. The van der Waals surface area contributed by atoms with E-state index in [2.05, 4.69) is 39.6 Å². The highest BCUT2D eigenvalue weighted by Gasteiger charge is 2.18. The molecule has 1 aliphatic heterocycles. The van der Waals surface area contributed by atoms with E-state index in [9.17, 15) is 4.79 Å². The summed E-state index contributed by atoms with van der Waals surface area (Å²) < 4.78 is 13.3. The molecule has 35 heavy (non-hydrogen) atoms. The summed E-state index contributed by atoms with van der Waals surface area (Å²) in [5.74, 6) is 1.52. The van der Waals surface area contributed by atoms with Crippen molar-refractivity contribution in [2.45, 2.75) is 51.3 Å². The summed E-state index contributed by atoms with van der Waals surface area (Å²) in [6.45, 7) is 3.88. The zero-order chi connectivity index (χ0) is 23.6. The van der Waals surface area contributed by atoms with Gasteiger partial charge in [0, 0.05) is 48.4 Å². The molecule has 4 heterocycles. The SMILES string of the molecule is O=c1c2cncc(OC3CCOCC3)c2ccn1Cc1ccc2cc(CNCC3CCC3)[nH]c2c1. The van der Waals surface area contributed by atoms with E-state index in [0.29, 0.717) is 30.9 Å². The number of rotatable bonds is 8. The minimum absolute atomic E-state index is 0.0557. The van der Waals surface area contributed by atoms with Gasteiger partial charge in [-0.3, -0.25) is 9.78 Å². The average Bonchev–Trinajstić information content (AvgIpc) is 3.25. The van der Waals surface area contributed by atoms with E-state index in [1.54, 1.807) is 17.0 Å². The number of H-pyrrole nitrogens is 1. The first kappa shape index (κ1) is 22.3. The maximum absolute atomic E-state index is 13.3. The molecule has 0 atom stereocenters. The van der Waals surface area contributed by atoms with Gasteiger partial charge in [-0.2, -0.15) is 0 Å². The molecule has 1 saturated carbocycles. The Morgan fingerprint density at radius 1 is 1.09 bits per heavy atom. The van der Waals surface area contributed by atoms with Crippen LogP contribution < -0.4 is 15.6 Å². The second-order valence-electron chi connectivity index (χ2n) is 9.92. The van der Waals surface area contributed by atoms with Gasteiger partial charge in [0.1, 0.15) is 11.9 Å². The third-order valence-electron chi connectivity index (χ3n) is 7.39. The molecule has 2 N–H and O–H groups in total. The van der Waals surface area contributed by atoms with E-state index < -0.39 is 0 Å². The maximum atomic E-state index is 13.3. The fourth-order valence-corrected chi connectivity index (χ4v) is 5.10. The maximum Gasteiger partial charge on any atom is 0.260 e. The summed E-state index contributed by atoms with van der Waals surface area (Å²) in [5, 5.41) is 6.16. The van der Waals surface area contributed by atoms with Crippen molar-refractivity contribution in [3.8, 4) is 5.75 Å². The van der Waals surface area contributed by atoms with Crippen molar-refractivity contribution in [1.82, 2.24) is 19.9 Å². The summed E-state index contributed by atoms with van der Waals surface area (Å²) in [5.41, 5.74) is 3.32. The van der Waals surface area contributed by atoms with Crippen molar-refractivity contribution < 1.29 is 9.47 Å². The molecule has 0 unspecified atom stereocenters. The van der Waals surface area contributed by atoms with Gasteiger partial charge in [0.2, 0.25) is 0 Å². The van der Waals surface area contributed by atoms with E-state index in [4.69, 9.17) is 9.47 Å². The van der Waals surface area contributed by atoms with Gasteiger partial charge in [-0.15, -0.1) is 0 Å². The second kappa shape index (κ2) is 9.84. The zero-order valence-electron chi connectivity index (χ0n) is 20.0. The van der Waals surface area contributed by atoms with Crippen molar-refractivity contribution >= 4 is 21.7 Å². The summed E-state index contributed by atoms with van der Waals surface area (Å²) in [6, 6.07) is 10.5. The van der Waals surface area contributed by atoms with E-state index in [1.165, 1.54) is 30.3 Å². The molecule has 0 radical (unpaired) electrons. The number of aromatic amines is 1. The van der Waals surface area contributed by atoms with Crippen molar-refractivity contribution in [1.29, 1.82) is 0 Å². The van der Waals surface area contributed by atoms with Crippen LogP contribution in [-0.4, -0.2) is 40.4 Å². The molecule has 4 aromatic rings. The number of nitrogens with zero attached hydrogens (tertiary/aromatic N) is 2. The van der Waals surface area contributed by atoms with Gasteiger partial charge < -0.3 is 24.3 Å². The first-order chi connectivity index (χ1) is 17.2. The number of hydrogen-bond donors (Lipinski definition) is 2. The molecule has 0 spiro atoms. The first-order valence-electron chi connectivity index (χ1n) is 12.8. The molecule has 0 amide bonds. The van der Waals surface area contributed by atoms with Crippen molar-refractivity contribution in [2.24, 2.45) is 5.92 Å². The van der Waals surface area contributed by atoms with Crippen LogP contribution in [0.3, 0.4) is 0 Å². The number of benzene rings is 1. The van der Waals surface area contributed by atoms with Gasteiger partial charge in [0.15, 0.2) is 0 Å². The van der Waals surface area contributed by atoms with E-state index in [0.717, 1.165) is 48.3 Å². The predicted octanol–water partition coefficient (Wildman–Crippen LogP) is 4.37. The van der Waals surface area contributed by atoms with Crippen LogP contribution in [0.4, 0.5) is 0 Å². The Labute approximate surface area is 204 Å². The molecule has 2 fully saturated rings. The number of ether oxygens (including phenoxy) is 2. The van der Waals surface area contributed by atoms with Gasteiger partial charge >= 0.3 is 0 Å². The van der Waals surface area contributed by atoms with Crippen LogP contribution in [0.15, 0.2) is 53.7 Å². The highest BCUT2D eigenvalue weighted by molar-refractivity contribution is 5.86. The van der Waals surface area contributed by atoms with Gasteiger partial charge in [-0.05, 0) is 54.5 Å². The van der Waals surface area contributed by atoms with Crippen molar-refractivity contribution in [3.63, 3.8) is 0 Å². The fourth-order valence-electron chi connectivity index (χ4n) is 5.10. The van der Waals surface area contributed by atoms with Crippen molar-refractivity contribution in [3.05, 3.63) is 70.5 Å². The number of aromatic nitrogens is 3. The van der Waals surface area contributed by atoms with Gasteiger partial charge in [-0.1, -0.05) is 18.6 Å². The average molecular weight is 473 g/mol. The van der Waals surface area contributed by atoms with E-state index in [1.807, 2.05) is 12.3 Å². The van der Waals surface area contributed by atoms with Crippen LogP contribution in [-0.2, 0) is 17.8 Å². The van der Waals surface area contributed by atoms with Crippen LogP contribution in [0.5, 0.6) is 5.75 Å². The van der Waals surface area contributed by atoms with Gasteiger partial charge in [0.25, 0.3) is 5.56 Å². The van der Waals surface area contributed by atoms with Gasteiger partial charge in [0.05, 0.1) is 31.3 Å². The minimum Gasteiger partial charge on any atom is -0.488 e.